The molecule has 2 aromatic carbocycles. The van der Waals surface area contributed by atoms with E-state index in [9.17, 15) is 4.79 Å². The molecule has 0 aliphatic rings. The Labute approximate surface area is 172 Å². The summed E-state index contributed by atoms with van der Waals surface area (Å²) < 4.78 is 5.56. The van der Waals surface area contributed by atoms with Crippen LogP contribution >= 0.6 is 0 Å². The SMILES string of the molecule is Cc1cccc(C(C)C)c1Nc1ccc(NC(=O)CCOc2ccccc2)cn1. The predicted molar refractivity (Wildman–Crippen MR) is 118 cm³/mol. The molecule has 3 rings (SSSR count). The Morgan fingerprint density at radius 3 is 2.52 bits per heavy atom. The number of hydrogen-bond acceptors (Lipinski definition) is 4. The second-order valence-corrected chi connectivity index (χ2v) is 7.21. The van der Waals surface area contributed by atoms with Gasteiger partial charge in [-0.2, -0.15) is 0 Å². The molecule has 0 radical (unpaired) electrons. The second-order valence-electron chi connectivity index (χ2n) is 7.21. The first-order chi connectivity index (χ1) is 14.0. The van der Waals surface area contributed by atoms with Crippen LogP contribution in [-0.4, -0.2) is 17.5 Å². The first kappa shape index (κ1) is 20.4. The molecule has 0 aliphatic carbocycles. The van der Waals surface area contributed by atoms with Gasteiger partial charge in [0.05, 0.1) is 24.9 Å². The Kier molecular flexibility index (Phi) is 6.85. The molecule has 1 amide bonds. The molecule has 5 nitrogen and oxygen atoms in total. The number of rotatable bonds is 8. The van der Waals surface area contributed by atoms with Crippen LogP contribution in [0.15, 0.2) is 66.9 Å². The molecule has 1 aromatic heterocycles. The highest BCUT2D eigenvalue weighted by Gasteiger charge is 2.10. The quantitative estimate of drug-likeness (QED) is 0.521. The Hall–Kier alpha value is -3.34. The number of anilines is 3. The number of hydrogen-bond donors (Lipinski definition) is 2. The fourth-order valence-corrected chi connectivity index (χ4v) is 3.01. The van der Waals surface area contributed by atoms with Gasteiger partial charge in [-0.3, -0.25) is 4.79 Å². The summed E-state index contributed by atoms with van der Waals surface area (Å²) in [5.74, 6) is 1.81. The molecule has 0 unspecified atom stereocenters. The lowest BCUT2D eigenvalue weighted by Crippen LogP contribution is -2.15. The van der Waals surface area contributed by atoms with Gasteiger partial charge >= 0.3 is 0 Å². The molecule has 0 aliphatic heterocycles. The molecule has 2 N–H and O–H groups in total. The molecule has 0 atom stereocenters. The van der Waals surface area contributed by atoms with Crippen LogP contribution in [0, 0.1) is 6.92 Å². The van der Waals surface area contributed by atoms with Crippen molar-refractivity contribution in [3.63, 3.8) is 0 Å². The maximum atomic E-state index is 12.1. The van der Waals surface area contributed by atoms with Gasteiger partial charge in [0.2, 0.25) is 5.91 Å². The molecule has 1 heterocycles. The summed E-state index contributed by atoms with van der Waals surface area (Å²) in [7, 11) is 0. The standard InChI is InChI=1S/C24H27N3O2/c1-17(2)21-11-7-8-18(3)24(21)27-22-13-12-19(16-25-22)26-23(28)14-15-29-20-9-5-4-6-10-20/h4-13,16-17H,14-15H2,1-3H3,(H,25,27)(H,26,28). The van der Waals surface area contributed by atoms with Gasteiger partial charge in [-0.05, 0) is 48.2 Å². The van der Waals surface area contributed by atoms with E-state index in [1.807, 2.05) is 42.5 Å². The van der Waals surface area contributed by atoms with Crippen LogP contribution < -0.4 is 15.4 Å². The molecule has 150 valence electrons. The van der Waals surface area contributed by atoms with E-state index in [0.29, 0.717) is 18.2 Å². The Bertz CT molecular complexity index is 938. The van der Waals surface area contributed by atoms with Crippen molar-refractivity contribution in [2.45, 2.75) is 33.1 Å². The van der Waals surface area contributed by atoms with Crippen molar-refractivity contribution in [2.75, 3.05) is 17.2 Å². The van der Waals surface area contributed by atoms with E-state index in [-0.39, 0.29) is 12.3 Å². The summed E-state index contributed by atoms with van der Waals surface area (Å²) in [4.78, 5) is 16.5. The first-order valence-corrected chi connectivity index (χ1v) is 9.83. The zero-order valence-corrected chi connectivity index (χ0v) is 17.1. The van der Waals surface area contributed by atoms with Gasteiger partial charge in [0, 0.05) is 5.69 Å². The van der Waals surface area contributed by atoms with Gasteiger partial charge in [-0.15, -0.1) is 0 Å². The Morgan fingerprint density at radius 2 is 1.83 bits per heavy atom. The molecular formula is C24H27N3O2. The van der Waals surface area contributed by atoms with Gasteiger partial charge in [-0.1, -0.05) is 50.2 Å². The molecule has 5 heteroatoms. The van der Waals surface area contributed by atoms with Gasteiger partial charge in [-0.25, -0.2) is 4.98 Å². The summed E-state index contributed by atoms with van der Waals surface area (Å²) in [6.45, 7) is 6.76. The zero-order chi connectivity index (χ0) is 20.6. The van der Waals surface area contributed by atoms with Crippen LogP contribution in [-0.2, 0) is 4.79 Å². The van der Waals surface area contributed by atoms with Crippen molar-refractivity contribution < 1.29 is 9.53 Å². The maximum Gasteiger partial charge on any atom is 0.227 e. The molecular weight excluding hydrogens is 362 g/mol. The summed E-state index contributed by atoms with van der Waals surface area (Å²) in [6.07, 6.45) is 1.93. The first-order valence-electron chi connectivity index (χ1n) is 9.83. The van der Waals surface area contributed by atoms with Crippen molar-refractivity contribution in [2.24, 2.45) is 0 Å². The summed E-state index contributed by atoms with van der Waals surface area (Å²) >= 11 is 0. The van der Waals surface area contributed by atoms with Gasteiger partial charge in [0.25, 0.3) is 0 Å². The molecule has 0 bridgehead atoms. The van der Waals surface area contributed by atoms with Gasteiger partial charge < -0.3 is 15.4 Å². The highest BCUT2D eigenvalue weighted by atomic mass is 16.5. The van der Waals surface area contributed by atoms with Gasteiger partial charge in [0.15, 0.2) is 0 Å². The average Bonchev–Trinajstić information content (AvgIpc) is 2.71. The minimum atomic E-state index is -0.107. The third-order valence-corrected chi connectivity index (χ3v) is 4.57. The number of pyridine rings is 1. The van der Waals surface area contributed by atoms with E-state index in [0.717, 1.165) is 17.3 Å². The highest BCUT2D eigenvalue weighted by molar-refractivity contribution is 5.90. The zero-order valence-electron chi connectivity index (χ0n) is 17.1. The Morgan fingerprint density at radius 1 is 1.03 bits per heavy atom. The molecule has 0 fully saturated rings. The lowest BCUT2D eigenvalue weighted by molar-refractivity contribution is -0.116. The van der Waals surface area contributed by atoms with Crippen molar-refractivity contribution in [3.8, 4) is 5.75 Å². The number of aryl methyl sites for hydroxylation is 1. The maximum absolute atomic E-state index is 12.1. The third kappa shape index (κ3) is 5.82. The largest absolute Gasteiger partial charge is 0.493 e. The van der Waals surface area contributed by atoms with Crippen LogP contribution in [0.1, 0.15) is 37.3 Å². The van der Waals surface area contributed by atoms with E-state index in [1.165, 1.54) is 11.1 Å². The van der Waals surface area contributed by atoms with E-state index in [1.54, 1.807) is 6.20 Å². The summed E-state index contributed by atoms with van der Waals surface area (Å²) in [5.41, 5.74) is 4.18. The third-order valence-electron chi connectivity index (χ3n) is 4.57. The van der Waals surface area contributed by atoms with Crippen molar-refractivity contribution in [3.05, 3.63) is 78.0 Å². The highest BCUT2D eigenvalue weighted by Crippen LogP contribution is 2.29. The summed E-state index contributed by atoms with van der Waals surface area (Å²) in [6, 6.07) is 19.5. The van der Waals surface area contributed by atoms with E-state index in [4.69, 9.17) is 4.74 Å². The Balaban J connectivity index is 1.55. The van der Waals surface area contributed by atoms with E-state index in [2.05, 4.69) is 54.6 Å². The van der Waals surface area contributed by atoms with Crippen LogP contribution in [0.3, 0.4) is 0 Å². The minimum Gasteiger partial charge on any atom is -0.493 e. The molecule has 0 spiro atoms. The molecule has 0 saturated carbocycles. The minimum absolute atomic E-state index is 0.107. The van der Waals surface area contributed by atoms with Crippen LogP contribution in [0.4, 0.5) is 17.2 Å². The lowest BCUT2D eigenvalue weighted by atomic mass is 9.98. The van der Waals surface area contributed by atoms with E-state index < -0.39 is 0 Å². The smallest absolute Gasteiger partial charge is 0.227 e. The second kappa shape index (κ2) is 9.73. The van der Waals surface area contributed by atoms with Crippen LogP contribution in [0.2, 0.25) is 0 Å². The number of benzene rings is 2. The number of carbonyl (C=O) groups is 1. The van der Waals surface area contributed by atoms with Crippen molar-refractivity contribution >= 4 is 23.1 Å². The molecule has 29 heavy (non-hydrogen) atoms. The topological polar surface area (TPSA) is 63.2 Å². The normalized spacial score (nSPS) is 10.6. The van der Waals surface area contributed by atoms with Gasteiger partial charge in [0.1, 0.15) is 11.6 Å². The molecule has 3 aromatic rings. The fraction of sp³-hybridized carbons (Fsp3) is 0.250. The number of para-hydroxylation sites is 2. The number of amides is 1. The van der Waals surface area contributed by atoms with E-state index >= 15 is 0 Å². The lowest BCUT2D eigenvalue weighted by Gasteiger charge is -2.17. The number of nitrogens with one attached hydrogen (secondary N) is 2. The van der Waals surface area contributed by atoms with Crippen molar-refractivity contribution in [1.29, 1.82) is 0 Å². The van der Waals surface area contributed by atoms with Crippen LogP contribution in [0.25, 0.3) is 0 Å². The predicted octanol–water partition coefficient (Wildman–Crippen LogP) is 5.66. The average molecular weight is 389 g/mol. The van der Waals surface area contributed by atoms with Crippen molar-refractivity contribution in [1.82, 2.24) is 4.98 Å². The summed E-state index contributed by atoms with van der Waals surface area (Å²) in [5, 5.41) is 6.26. The number of nitrogens with zero attached hydrogens (tertiary/aromatic N) is 1. The number of carbonyl (C=O) groups excluding carboxylic acids is 1. The number of aromatic nitrogens is 1. The molecule has 0 saturated heterocycles. The number of ether oxygens (including phenoxy) is 1. The van der Waals surface area contributed by atoms with Crippen LogP contribution in [0.5, 0.6) is 5.75 Å². The fourth-order valence-electron chi connectivity index (χ4n) is 3.01. The monoisotopic (exact) mass is 389 g/mol.